The topological polar surface area (TPSA) is 12.9 Å². The van der Waals surface area contributed by atoms with Crippen molar-refractivity contribution in [3.63, 3.8) is 0 Å². The van der Waals surface area contributed by atoms with Crippen molar-refractivity contribution in [1.82, 2.24) is 4.98 Å². The Bertz CT molecular complexity index is 462. The summed E-state index contributed by atoms with van der Waals surface area (Å²) < 4.78 is 1.02. The second kappa shape index (κ2) is 3.28. The maximum Gasteiger partial charge on any atom is 0.0731 e. The van der Waals surface area contributed by atoms with Crippen molar-refractivity contribution in [3.8, 4) is 0 Å². The van der Waals surface area contributed by atoms with Gasteiger partial charge < -0.3 is 0 Å². The first-order valence-electron chi connectivity index (χ1n) is 3.89. The Kier molecular flexibility index (Phi) is 2.26. The molecule has 0 bridgehead atoms. The van der Waals surface area contributed by atoms with Gasteiger partial charge in [0.15, 0.2) is 0 Å². The normalized spacial score (nSPS) is 10.7. The van der Waals surface area contributed by atoms with E-state index in [0.29, 0.717) is 0 Å². The monoisotopic (exact) mass is 255 g/mol. The van der Waals surface area contributed by atoms with E-state index >= 15 is 0 Å². The Morgan fingerprint density at radius 3 is 2.85 bits per heavy atom. The fraction of sp³-hybridized carbons (Fsp3) is 0.100. The number of halogens is 2. The lowest BCUT2D eigenvalue weighted by molar-refractivity contribution is 1.25. The van der Waals surface area contributed by atoms with Gasteiger partial charge in [-0.2, -0.15) is 0 Å². The van der Waals surface area contributed by atoms with Crippen LogP contribution in [0.15, 0.2) is 28.7 Å². The Hall–Kier alpha value is -0.600. The quantitative estimate of drug-likeness (QED) is 0.695. The van der Waals surface area contributed by atoms with Gasteiger partial charge in [0.25, 0.3) is 0 Å². The van der Waals surface area contributed by atoms with Crippen LogP contribution in [0.5, 0.6) is 0 Å². The standard InChI is InChI=1S/C10H7BrClN/c1-6-4-9(12)8-3-2-7(11)5-10(8)13-6/h2-5H,1H3. The van der Waals surface area contributed by atoms with E-state index in [1.54, 1.807) is 0 Å². The van der Waals surface area contributed by atoms with Gasteiger partial charge in [-0.15, -0.1) is 0 Å². The van der Waals surface area contributed by atoms with E-state index in [1.807, 2.05) is 31.2 Å². The Morgan fingerprint density at radius 1 is 1.31 bits per heavy atom. The van der Waals surface area contributed by atoms with Crippen molar-refractivity contribution < 1.29 is 0 Å². The highest BCUT2D eigenvalue weighted by atomic mass is 79.9. The zero-order valence-corrected chi connectivity index (χ0v) is 9.35. The van der Waals surface area contributed by atoms with Gasteiger partial charge in [0.2, 0.25) is 0 Å². The fourth-order valence-corrected chi connectivity index (χ4v) is 1.95. The van der Waals surface area contributed by atoms with Gasteiger partial charge in [0.1, 0.15) is 0 Å². The molecule has 0 saturated heterocycles. The second-order valence-corrected chi connectivity index (χ2v) is 4.23. The highest BCUT2D eigenvalue weighted by Crippen LogP contribution is 2.25. The average molecular weight is 257 g/mol. The summed E-state index contributed by atoms with van der Waals surface area (Å²) in [6, 6.07) is 7.77. The van der Waals surface area contributed by atoms with Crippen molar-refractivity contribution >= 4 is 38.4 Å². The minimum Gasteiger partial charge on any atom is -0.253 e. The van der Waals surface area contributed by atoms with Gasteiger partial charge >= 0.3 is 0 Å². The molecule has 1 aromatic heterocycles. The molecule has 1 nitrogen and oxygen atoms in total. The van der Waals surface area contributed by atoms with Crippen LogP contribution in [0.25, 0.3) is 10.9 Å². The molecule has 0 saturated carbocycles. The van der Waals surface area contributed by atoms with Gasteiger partial charge in [0, 0.05) is 15.6 Å². The van der Waals surface area contributed by atoms with Crippen molar-refractivity contribution in [2.45, 2.75) is 6.92 Å². The van der Waals surface area contributed by atoms with Crippen LogP contribution < -0.4 is 0 Å². The van der Waals surface area contributed by atoms with Crippen LogP contribution in [0.1, 0.15) is 5.69 Å². The number of rotatable bonds is 0. The number of aromatic nitrogens is 1. The van der Waals surface area contributed by atoms with Gasteiger partial charge in [-0.3, -0.25) is 4.98 Å². The molecule has 1 aromatic carbocycles. The minimum absolute atomic E-state index is 0.759. The van der Waals surface area contributed by atoms with E-state index in [4.69, 9.17) is 11.6 Å². The van der Waals surface area contributed by atoms with Crippen LogP contribution >= 0.6 is 27.5 Å². The third-order valence-corrected chi connectivity index (χ3v) is 2.66. The number of aryl methyl sites for hydroxylation is 1. The summed E-state index contributed by atoms with van der Waals surface area (Å²) in [5.74, 6) is 0. The third-order valence-electron chi connectivity index (χ3n) is 1.85. The van der Waals surface area contributed by atoms with E-state index in [9.17, 15) is 0 Å². The molecule has 0 atom stereocenters. The van der Waals surface area contributed by atoms with Crippen LogP contribution in [0.3, 0.4) is 0 Å². The van der Waals surface area contributed by atoms with Crippen LogP contribution in [0.4, 0.5) is 0 Å². The molecular formula is C10H7BrClN. The minimum atomic E-state index is 0.759. The number of benzene rings is 1. The van der Waals surface area contributed by atoms with Gasteiger partial charge in [-0.25, -0.2) is 0 Å². The van der Waals surface area contributed by atoms with E-state index in [-0.39, 0.29) is 0 Å². The average Bonchev–Trinajstić information content (AvgIpc) is 2.02. The zero-order chi connectivity index (χ0) is 9.42. The zero-order valence-electron chi connectivity index (χ0n) is 7.01. The van der Waals surface area contributed by atoms with Crippen molar-refractivity contribution in [3.05, 3.63) is 39.5 Å². The number of pyridine rings is 1. The SMILES string of the molecule is Cc1cc(Cl)c2ccc(Br)cc2n1. The first kappa shape index (κ1) is 8.97. The molecule has 0 aliphatic heterocycles. The van der Waals surface area contributed by atoms with Gasteiger partial charge in [0.05, 0.1) is 10.5 Å². The molecule has 1 heterocycles. The first-order chi connectivity index (χ1) is 6.16. The molecule has 0 aliphatic rings. The number of fused-ring (bicyclic) bond motifs is 1. The molecule has 0 aliphatic carbocycles. The van der Waals surface area contributed by atoms with E-state index in [1.165, 1.54) is 0 Å². The molecule has 0 fully saturated rings. The number of hydrogen-bond donors (Lipinski definition) is 0. The third kappa shape index (κ3) is 1.69. The maximum atomic E-state index is 6.06. The van der Waals surface area contributed by atoms with Crippen molar-refractivity contribution in [2.24, 2.45) is 0 Å². The predicted molar refractivity (Wildman–Crippen MR) is 59.2 cm³/mol. The first-order valence-corrected chi connectivity index (χ1v) is 5.06. The Labute approximate surface area is 89.9 Å². The van der Waals surface area contributed by atoms with Crippen molar-refractivity contribution in [2.75, 3.05) is 0 Å². The maximum absolute atomic E-state index is 6.06. The number of hydrogen-bond acceptors (Lipinski definition) is 1. The molecule has 66 valence electrons. The van der Waals surface area contributed by atoms with E-state index in [0.717, 1.165) is 26.1 Å². The predicted octanol–water partition coefficient (Wildman–Crippen LogP) is 3.96. The molecule has 0 amide bonds. The fourth-order valence-electron chi connectivity index (χ4n) is 1.28. The summed E-state index contributed by atoms with van der Waals surface area (Å²) in [5, 5.41) is 1.76. The molecule has 0 spiro atoms. The summed E-state index contributed by atoms with van der Waals surface area (Å²) in [5.41, 5.74) is 1.87. The van der Waals surface area contributed by atoms with Crippen LogP contribution in [0.2, 0.25) is 5.02 Å². The summed E-state index contributed by atoms with van der Waals surface area (Å²) in [6.45, 7) is 1.94. The smallest absolute Gasteiger partial charge is 0.0731 e. The summed E-state index contributed by atoms with van der Waals surface area (Å²) in [4.78, 5) is 4.38. The van der Waals surface area contributed by atoms with Crippen LogP contribution in [-0.2, 0) is 0 Å². The molecule has 13 heavy (non-hydrogen) atoms. The lowest BCUT2D eigenvalue weighted by atomic mass is 10.2. The highest BCUT2D eigenvalue weighted by Gasteiger charge is 2.01. The van der Waals surface area contributed by atoms with Crippen molar-refractivity contribution in [1.29, 1.82) is 0 Å². The molecule has 2 aromatic rings. The lowest BCUT2D eigenvalue weighted by Gasteiger charge is -2.01. The van der Waals surface area contributed by atoms with E-state index in [2.05, 4.69) is 20.9 Å². The lowest BCUT2D eigenvalue weighted by Crippen LogP contribution is -1.84. The molecule has 0 N–H and O–H groups in total. The van der Waals surface area contributed by atoms with Gasteiger partial charge in [-0.05, 0) is 25.1 Å². The molecular weight excluding hydrogens is 249 g/mol. The Balaban J connectivity index is 2.86. The van der Waals surface area contributed by atoms with Crippen LogP contribution in [-0.4, -0.2) is 4.98 Å². The number of nitrogens with zero attached hydrogens (tertiary/aromatic N) is 1. The molecule has 0 unspecified atom stereocenters. The Morgan fingerprint density at radius 2 is 2.08 bits per heavy atom. The summed E-state index contributed by atoms with van der Waals surface area (Å²) >= 11 is 9.46. The molecule has 0 radical (unpaired) electrons. The largest absolute Gasteiger partial charge is 0.253 e. The summed E-state index contributed by atoms with van der Waals surface area (Å²) in [7, 11) is 0. The summed E-state index contributed by atoms with van der Waals surface area (Å²) in [6.07, 6.45) is 0. The molecule has 3 heteroatoms. The van der Waals surface area contributed by atoms with Gasteiger partial charge in [-0.1, -0.05) is 33.6 Å². The van der Waals surface area contributed by atoms with Crippen LogP contribution in [0, 0.1) is 6.92 Å². The molecule has 2 rings (SSSR count). The second-order valence-electron chi connectivity index (χ2n) is 2.91. The van der Waals surface area contributed by atoms with E-state index < -0.39 is 0 Å². The highest BCUT2D eigenvalue weighted by molar-refractivity contribution is 9.10.